The molecule has 0 spiro atoms. The number of carbonyl (C=O) groups is 1. The van der Waals surface area contributed by atoms with Gasteiger partial charge in [-0.05, 0) is 77.5 Å². The van der Waals surface area contributed by atoms with Crippen molar-refractivity contribution in [1.29, 1.82) is 0 Å². The van der Waals surface area contributed by atoms with Gasteiger partial charge >= 0.3 is 0 Å². The number of rotatable bonds is 8. The summed E-state index contributed by atoms with van der Waals surface area (Å²) < 4.78 is 33.9. The quantitative estimate of drug-likeness (QED) is 0.132. The van der Waals surface area contributed by atoms with Gasteiger partial charge in [0.15, 0.2) is 0 Å². The number of benzene rings is 4. The molecule has 0 unspecified atom stereocenters. The highest BCUT2D eigenvalue weighted by atomic mass is 32.2. The molecule has 0 saturated heterocycles. The van der Waals surface area contributed by atoms with Gasteiger partial charge in [-0.1, -0.05) is 30.3 Å². The van der Waals surface area contributed by atoms with E-state index in [2.05, 4.69) is 10.0 Å². The second kappa shape index (κ2) is 10.6. The van der Waals surface area contributed by atoms with E-state index in [1.165, 1.54) is 48.6 Å². The molecule has 5 aromatic rings. The highest BCUT2D eigenvalue weighted by molar-refractivity contribution is 7.92. The summed E-state index contributed by atoms with van der Waals surface area (Å²) in [7, 11) is -3.82. The van der Waals surface area contributed by atoms with E-state index in [9.17, 15) is 23.3 Å². The number of nitro groups is 1. The van der Waals surface area contributed by atoms with E-state index in [1.807, 2.05) is 30.3 Å². The number of non-ortho nitro benzene ring substituents is 1. The lowest BCUT2D eigenvalue weighted by atomic mass is 10.1. The molecule has 0 aliphatic carbocycles. The van der Waals surface area contributed by atoms with E-state index in [0.29, 0.717) is 28.5 Å². The number of carbonyl (C=O) groups excluding carboxylic acids is 1. The fourth-order valence-corrected chi connectivity index (χ4v) is 4.92. The number of furan rings is 1. The van der Waals surface area contributed by atoms with Crippen LogP contribution in [0.3, 0.4) is 0 Å². The first kappa shape index (κ1) is 25.4. The maximum atomic E-state index is 12.8. The Balaban J connectivity index is 1.20. The average Bonchev–Trinajstić information content (AvgIpc) is 3.41. The number of fused-ring (bicyclic) bond motifs is 1. The lowest BCUT2D eigenvalue weighted by molar-refractivity contribution is -0.384. The van der Waals surface area contributed by atoms with Gasteiger partial charge in [-0.15, -0.1) is 0 Å². The van der Waals surface area contributed by atoms with E-state index < -0.39 is 20.9 Å². The number of amides is 1. The number of anilines is 2. The first-order valence-electron chi connectivity index (χ1n) is 11.7. The third-order valence-corrected chi connectivity index (χ3v) is 7.22. The van der Waals surface area contributed by atoms with Crippen LogP contribution >= 0.6 is 0 Å². The van der Waals surface area contributed by atoms with Crippen molar-refractivity contribution in [3.05, 3.63) is 125 Å². The summed E-state index contributed by atoms with van der Waals surface area (Å²) in [6, 6.07) is 28.1. The smallest absolute Gasteiger partial charge is 0.269 e. The van der Waals surface area contributed by atoms with E-state index >= 15 is 0 Å². The highest BCUT2D eigenvalue weighted by Crippen LogP contribution is 2.25. The van der Waals surface area contributed by atoms with Crippen molar-refractivity contribution in [2.75, 3.05) is 10.0 Å². The minimum atomic E-state index is -3.82. The lowest BCUT2D eigenvalue weighted by Crippen LogP contribution is -2.13. The molecular formula is C29H21N3O6S. The van der Waals surface area contributed by atoms with Gasteiger partial charge in [0.2, 0.25) is 5.91 Å². The molecule has 9 nitrogen and oxygen atoms in total. The normalized spacial score (nSPS) is 11.5. The van der Waals surface area contributed by atoms with Crippen LogP contribution < -0.4 is 10.0 Å². The summed E-state index contributed by atoms with van der Waals surface area (Å²) in [6.45, 7) is 0. The van der Waals surface area contributed by atoms with Crippen LogP contribution in [-0.2, 0) is 14.8 Å². The minimum Gasteiger partial charge on any atom is -0.457 e. The second-order valence-electron chi connectivity index (χ2n) is 8.52. The molecule has 1 aromatic heterocycles. The highest BCUT2D eigenvalue weighted by Gasteiger charge is 2.15. The zero-order valence-electron chi connectivity index (χ0n) is 20.3. The lowest BCUT2D eigenvalue weighted by Gasteiger charge is -2.10. The van der Waals surface area contributed by atoms with Gasteiger partial charge in [-0.2, -0.15) is 0 Å². The Kier molecular flexibility index (Phi) is 6.94. The largest absolute Gasteiger partial charge is 0.457 e. The molecule has 5 rings (SSSR count). The van der Waals surface area contributed by atoms with Crippen LogP contribution in [0.2, 0.25) is 0 Å². The van der Waals surface area contributed by atoms with Gasteiger partial charge in [-0.3, -0.25) is 19.6 Å². The predicted molar refractivity (Wildman–Crippen MR) is 150 cm³/mol. The molecule has 1 heterocycles. The Morgan fingerprint density at radius 2 is 1.51 bits per heavy atom. The summed E-state index contributed by atoms with van der Waals surface area (Å²) in [6.07, 6.45) is 2.76. The second-order valence-corrected chi connectivity index (χ2v) is 10.2. The molecule has 10 heteroatoms. The monoisotopic (exact) mass is 539 g/mol. The zero-order chi connectivity index (χ0) is 27.4. The molecule has 0 radical (unpaired) electrons. The number of hydrogen-bond donors (Lipinski definition) is 2. The van der Waals surface area contributed by atoms with Crippen LogP contribution in [0.25, 0.3) is 28.2 Å². The van der Waals surface area contributed by atoms with E-state index in [-0.39, 0.29) is 10.6 Å². The Morgan fingerprint density at radius 1 is 0.821 bits per heavy atom. The van der Waals surface area contributed by atoms with E-state index in [0.717, 1.165) is 10.8 Å². The maximum Gasteiger partial charge on any atom is 0.269 e. The van der Waals surface area contributed by atoms with Crippen molar-refractivity contribution >= 4 is 49.8 Å². The van der Waals surface area contributed by atoms with Crippen LogP contribution in [-0.4, -0.2) is 19.2 Å². The number of sulfonamides is 1. The Bertz CT molecular complexity index is 1810. The third-order valence-electron chi connectivity index (χ3n) is 5.82. The van der Waals surface area contributed by atoms with Crippen molar-refractivity contribution in [1.82, 2.24) is 0 Å². The Hall–Kier alpha value is -5.22. The first-order chi connectivity index (χ1) is 18.8. The summed E-state index contributed by atoms with van der Waals surface area (Å²) in [5.74, 6) is 0.479. The van der Waals surface area contributed by atoms with Crippen LogP contribution in [0.15, 0.2) is 119 Å². The van der Waals surface area contributed by atoms with Crippen molar-refractivity contribution in [2.45, 2.75) is 4.90 Å². The van der Waals surface area contributed by atoms with Gasteiger partial charge in [-0.25, -0.2) is 8.42 Å². The predicted octanol–water partition coefficient (Wildman–Crippen LogP) is 6.46. The third kappa shape index (κ3) is 6.03. The van der Waals surface area contributed by atoms with E-state index in [1.54, 1.807) is 36.4 Å². The summed E-state index contributed by atoms with van der Waals surface area (Å²) in [5, 5.41) is 15.4. The summed E-state index contributed by atoms with van der Waals surface area (Å²) >= 11 is 0. The van der Waals surface area contributed by atoms with Gasteiger partial charge in [0.1, 0.15) is 11.5 Å². The fraction of sp³-hybridized carbons (Fsp3) is 0. The van der Waals surface area contributed by atoms with Crippen LogP contribution in [0.1, 0.15) is 5.76 Å². The number of nitrogens with one attached hydrogen (secondary N) is 2. The van der Waals surface area contributed by atoms with Crippen molar-refractivity contribution in [3.63, 3.8) is 0 Å². The molecular weight excluding hydrogens is 518 g/mol. The van der Waals surface area contributed by atoms with Crippen LogP contribution in [0.4, 0.5) is 17.1 Å². The van der Waals surface area contributed by atoms with Crippen molar-refractivity contribution in [2.24, 2.45) is 0 Å². The molecule has 2 N–H and O–H groups in total. The minimum absolute atomic E-state index is 0.0195. The van der Waals surface area contributed by atoms with Gasteiger partial charge < -0.3 is 9.73 Å². The number of nitro benzene ring substituents is 1. The molecule has 0 aliphatic rings. The van der Waals surface area contributed by atoms with Gasteiger partial charge in [0.25, 0.3) is 15.7 Å². The SMILES string of the molecule is O=C(/C=C/c1ccc(-c2ccc([N+](=O)[O-])cc2)o1)Nc1ccc(S(=O)(=O)Nc2ccc3ccccc3c2)cc1. The van der Waals surface area contributed by atoms with Crippen molar-refractivity contribution < 1.29 is 22.6 Å². The van der Waals surface area contributed by atoms with E-state index in [4.69, 9.17) is 4.42 Å². The molecule has 4 aromatic carbocycles. The van der Waals surface area contributed by atoms with Crippen LogP contribution in [0, 0.1) is 10.1 Å². The fourth-order valence-electron chi connectivity index (χ4n) is 3.87. The molecule has 0 atom stereocenters. The molecule has 0 bridgehead atoms. The molecule has 0 aliphatic heterocycles. The number of nitrogens with zero attached hydrogens (tertiary/aromatic N) is 1. The maximum absolute atomic E-state index is 12.8. The number of hydrogen-bond acceptors (Lipinski definition) is 6. The first-order valence-corrected chi connectivity index (χ1v) is 13.2. The molecule has 1 amide bonds. The molecule has 194 valence electrons. The molecule has 39 heavy (non-hydrogen) atoms. The van der Waals surface area contributed by atoms with Crippen molar-refractivity contribution in [3.8, 4) is 11.3 Å². The van der Waals surface area contributed by atoms with Crippen LogP contribution in [0.5, 0.6) is 0 Å². The summed E-state index contributed by atoms with van der Waals surface area (Å²) in [4.78, 5) is 22.7. The Morgan fingerprint density at radius 3 is 2.23 bits per heavy atom. The van der Waals surface area contributed by atoms with Gasteiger partial charge in [0, 0.05) is 35.1 Å². The zero-order valence-corrected chi connectivity index (χ0v) is 21.1. The average molecular weight is 540 g/mol. The Labute approximate surface area is 223 Å². The molecule has 0 saturated carbocycles. The van der Waals surface area contributed by atoms with Gasteiger partial charge in [0.05, 0.1) is 9.82 Å². The molecule has 0 fully saturated rings. The topological polar surface area (TPSA) is 132 Å². The standard InChI is InChI=1S/C29H21N3O6S/c33-29(18-14-26-13-17-28(38-26)21-6-11-25(12-7-21)32(34)35)30-23-9-15-27(16-10-23)39(36,37)31-24-8-5-20-3-1-2-4-22(20)19-24/h1-19,31H,(H,30,33)/b18-14+. The summed E-state index contributed by atoms with van der Waals surface area (Å²) in [5.41, 5.74) is 1.51.